The van der Waals surface area contributed by atoms with Crippen molar-refractivity contribution in [2.45, 2.75) is 110 Å². The van der Waals surface area contributed by atoms with Crippen molar-refractivity contribution in [2.75, 3.05) is 6.54 Å². The van der Waals surface area contributed by atoms with Crippen LogP contribution in [0.25, 0.3) is 0 Å². The van der Waals surface area contributed by atoms with Crippen LogP contribution in [0.4, 0.5) is 0 Å². The van der Waals surface area contributed by atoms with Crippen LogP contribution >= 0.6 is 11.9 Å². The number of carbonyl (C=O) groups is 2. The molecule has 1 aromatic rings. The van der Waals surface area contributed by atoms with Crippen LogP contribution in [0.5, 0.6) is 0 Å². The summed E-state index contributed by atoms with van der Waals surface area (Å²) in [5.74, 6) is -0.140. The van der Waals surface area contributed by atoms with Gasteiger partial charge in [0.25, 0.3) is 0 Å². The van der Waals surface area contributed by atoms with Gasteiger partial charge in [-0.15, -0.1) is 4.91 Å². The van der Waals surface area contributed by atoms with Crippen LogP contribution in [0.2, 0.25) is 0 Å². The molecule has 0 aliphatic heterocycles. The Morgan fingerprint density at radius 2 is 1.67 bits per heavy atom. The molecule has 1 aromatic carbocycles. The lowest BCUT2D eigenvalue weighted by Crippen LogP contribution is -2.40. The van der Waals surface area contributed by atoms with Crippen molar-refractivity contribution in [3.05, 3.63) is 76.9 Å². The van der Waals surface area contributed by atoms with Gasteiger partial charge in [-0.25, -0.2) is 0 Å². The van der Waals surface area contributed by atoms with Crippen LogP contribution in [0.1, 0.15) is 104 Å². The monoisotopic (exact) mass is 556 g/mol. The Labute approximate surface area is 240 Å². The minimum atomic E-state index is -0.547. The van der Waals surface area contributed by atoms with Gasteiger partial charge < -0.3 is 9.64 Å². The summed E-state index contributed by atoms with van der Waals surface area (Å²) < 4.78 is 7.98. The van der Waals surface area contributed by atoms with Gasteiger partial charge in [0.05, 0.1) is 11.2 Å². The largest absolute Gasteiger partial charge is 0.427 e. The van der Waals surface area contributed by atoms with E-state index in [2.05, 4.69) is 11.5 Å². The molecule has 1 rings (SSSR count). The van der Waals surface area contributed by atoms with E-state index in [0.29, 0.717) is 18.8 Å². The van der Waals surface area contributed by atoms with Gasteiger partial charge in [-0.1, -0.05) is 100 Å². The van der Waals surface area contributed by atoms with Crippen LogP contribution in [0.15, 0.2) is 71.1 Å². The predicted octanol–water partition coefficient (Wildman–Crippen LogP) is 9.08. The molecule has 0 bridgehead atoms. The highest BCUT2D eigenvalue weighted by atomic mass is 32.2. The second kappa shape index (κ2) is 21.2. The van der Waals surface area contributed by atoms with E-state index in [1.54, 1.807) is 11.0 Å². The number of unbranched alkanes of at least 4 members (excludes halogenated alkanes) is 8. The summed E-state index contributed by atoms with van der Waals surface area (Å²) in [7, 11) is 0. The normalized spacial score (nSPS) is 12.3. The fraction of sp³-hybridized carbons (Fsp3) is 0.562. The van der Waals surface area contributed by atoms with Crippen molar-refractivity contribution in [2.24, 2.45) is 4.58 Å². The molecular weight excluding hydrogens is 508 g/mol. The summed E-state index contributed by atoms with van der Waals surface area (Å²) >= 11 is 0.910. The van der Waals surface area contributed by atoms with Crippen molar-refractivity contribution < 1.29 is 14.3 Å². The number of rotatable bonds is 21. The first-order chi connectivity index (χ1) is 18.8. The summed E-state index contributed by atoms with van der Waals surface area (Å²) in [5, 5.41) is 0. The molecule has 0 aliphatic rings. The van der Waals surface area contributed by atoms with Crippen LogP contribution in [0.3, 0.4) is 0 Å². The van der Waals surface area contributed by atoms with Gasteiger partial charge in [0, 0.05) is 36.0 Å². The minimum absolute atomic E-state index is 0.0251. The quantitative estimate of drug-likeness (QED) is 0.0377. The molecule has 0 heterocycles. The third-order valence-electron chi connectivity index (χ3n) is 6.16. The Morgan fingerprint density at radius 1 is 1.00 bits per heavy atom. The number of hydrogen-bond acceptors (Lipinski definition) is 6. The standard InChI is InChI=1S/C32H48N2O4S/c1-5-7-9-10-11-12-13-14-15-19-23-29(22-8-6-2)38-31(36)25-24-30(35)34(27-32(3,4)39-33-37)26-28-20-17-16-18-21-28/h6,8,16-23H,5,7,9-15,24-27H2,1-4H3/b8-6+,23-19+,29-22-. The van der Waals surface area contributed by atoms with Gasteiger partial charge in [-0.3, -0.25) is 9.59 Å². The number of esters is 1. The lowest BCUT2D eigenvalue weighted by atomic mass is 10.1. The van der Waals surface area contributed by atoms with Crippen LogP contribution in [0, 0.1) is 4.91 Å². The van der Waals surface area contributed by atoms with E-state index in [0.717, 1.165) is 30.4 Å². The maximum atomic E-state index is 13.1. The Bertz CT molecular complexity index is 925. The number of ether oxygens (including phenoxy) is 1. The highest BCUT2D eigenvalue weighted by Crippen LogP contribution is 2.27. The van der Waals surface area contributed by atoms with Crippen molar-refractivity contribution in [1.82, 2.24) is 4.90 Å². The van der Waals surface area contributed by atoms with E-state index in [1.165, 1.54) is 44.9 Å². The molecule has 6 nitrogen and oxygen atoms in total. The molecule has 0 unspecified atom stereocenters. The number of nitrogens with zero attached hydrogens (tertiary/aromatic N) is 2. The van der Waals surface area contributed by atoms with Gasteiger partial charge in [0.2, 0.25) is 5.91 Å². The molecule has 0 saturated carbocycles. The fourth-order valence-electron chi connectivity index (χ4n) is 4.09. The number of carbonyl (C=O) groups excluding carboxylic acids is 2. The number of allylic oxidation sites excluding steroid dienone is 5. The first-order valence-electron chi connectivity index (χ1n) is 14.3. The molecule has 0 atom stereocenters. The Morgan fingerprint density at radius 3 is 2.31 bits per heavy atom. The van der Waals surface area contributed by atoms with Gasteiger partial charge in [0.15, 0.2) is 0 Å². The third-order valence-corrected chi connectivity index (χ3v) is 6.86. The highest BCUT2D eigenvalue weighted by Gasteiger charge is 2.27. The van der Waals surface area contributed by atoms with Crippen molar-refractivity contribution in [1.29, 1.82) is 0 Å². The molecule has 7 heteroatoms. The van der Waals surface area contributed by atoms with Gasteiger partial charge in [-0.2, -0.15) is 0 Å². The Hall–Kier alpha value is -2.67. The molecule has 0 saturated heterocycles. The van der Waals surface area contributed by atoms with E-state index >= 15 is 0 Å². The highest BCUT2D eigenvalue weighted by molar-refractivity contribution is 7.99. The zero-order valence-corrected chi connectivity index (χ0v) is 25.2. The number of hydrogen-bond donors (Lipinski definition) is 0. The van der Waals surface area contributed by atoms with E-state index in [-0.39, 0.29) is 18.7 Å². The lowest BCUT2D eigenvalue weighted by molar-refractivity contribution is -0.142. The van der Waals surface area contributed by atoms with Crippen LogP contribution in [-0.4, -0.2) is 28.1 Å². The summed E-state index contributed by atoms with van der Waals surface area (Å²) in [4.78, 5) is 38.3. The average Bonchev–Trinajstić information content (AvgIpc) is 2.91. The van der Waals surface area contributed by atoms with Gasteiger partial charge >= 0.3 is 5.97 Å². The van der Waals surface area contributed by atoms with Crippen molar-refractivity contribution >= 4 is 23.8 Å². The predicted molar refractivity (Wildman–Crippen MR) is 164 cm³/mol. The lowest BCUT2D eigenvalue weighted by Gasteiger charge is -2.30. The molecule has 0 spiro atoms. The SMILES string of the molecule is C/C=C/C=C(/C=C/CCCCCCCCCC)OC(=O)CCC(=O)N(Cc1ccccc1)CC(C)(C)SN=O. The van der Waals surface area contributed by atoms with Gasteiger partial charge in [-0.05, 0) is 51.3 Å². The van der Waals surface area contributed by atoms with Gasteiger partial charge in [0.1, 0.15) is 5.76 Å². The molecule has 216 valence electrons. The molecule has 0 fully saturated rings. The van der Waals surface area contributed by atoms with E-state index < -0.39 is 10.7 Å². The maximum absolute atomic E-state index is 13.1. The number of nitroso groups, excluding NO2 is 1. The second-order valence-corrected chi connectivity index (χ2v) is 11.8. The molecule has 0 aliphatic carbocycles. The Balaban J connectivity index is 2.61. The summed E-state index contributed by atoms with van der Waals surface area (Å²) in [6.45, 7) is 8.61. The average molecular weight is 557 g/mol. The number of benzene rings is 1. The fourth-order valence-corrected chi connectivity index (χ4v) is 4.50. The molecular formula is C32H48N2O4S. The smallest absolute Gasteiger partial charge is 0.311 e. The summed E-state index contributed by atoms with van der Waals surface area (Å²) in [6, 6.07) is 9.66. The summed E-state index contributed by atoms with van der Waals surface area (Å²) in [5.41, 5.74) is 0.978. The molecule has 1 amide bonds. The first-order valence-corrected chi connectivity index (χ1v) is 15.1. The van der Waals surface area contributed by atoms with E-state index in [4.69, 9.17) is 4.74 Å². The third kappa shape index (κ3) is 17.5. The second-order valence-electron chi connectivity index (χ2n) is 10.4. The minimum Gasteiger partial charge on any atom is -0.427 e. The molecule has 0 N–H and O–H groups in total. The van der Waals surface area contributed by atoms with Crippen molar-refractivity contribution in [3.8, 4) is 0 Å². The van der Waals surface area contributed by atoms with Crippen LogP contribution < -0.4 is 0 Å². The van der Waals surface area contributed by atoms with Crippen molar-refractivity contribution in [3.63, 3.8) is 0 Å². The summed E-state index contributed by atoms with van der Waals surface area (Å²) in [6.07, 6.45) is 20.5. The zero-order valence-electron chi connectivity index (χ0n) is 24.4. The molecule has 39 heavy (non-hydrogen) atoms. The molecule has 0 aromatic heterocycles. The van der Waals surface area contributed by atoms with E-state index in [1.807, 2.05) is 75.4 Å². The first kappa shape index (κ1) is 34.4. The van der Waals surface area contributed by atoms with Crippen LogP contribution in [-0.2, 0) is 20.9 Å². The Kier molecular flexibility index (Phi) is 18.7. The number of amides is 1. The van der Waals surface area contributed by atoms with E-state index in [9.17, 15) is 14.5 Å². The maximum Gasteiger partial charge on any atom is 0.311 e. The molecule has 0 radical (unpaired) electrons. The topological polar surface area (TPSA) is 76.0 Å². The zero-order chi connectivity index (χ0) is 28.8.